The number of carbonyl (C=O) groups excluding carboxylic acids is 1. The molecule has 16 heavy (non-hydrogen) atoms. The summed E-state index contributed by atoms with van der Waals surface area (Å²) in [5.41, 5.74) is 0. The quantitative estimate of drug-likeness (QED) is 0.518. The Labute approximate surface area is 105 Å². The normalized spacial score (nSPS) is 13.4. The van der Waals surface area contributed by atoms with Crippen molar-refractivity contribution in [2.45, 2.75) is 18.6 Å². The third-order valence-corrected chi connectivity index (χ3v) is 3.82. The second kappa shape index (κ2) is 8.03. The van der Waals surface area contributed by atoms with Crippen LogP contribution in [0.1, 0.15) is 13.3 Å². The first-order valence-corrected chi connectivity index (χ1v) is 8.07. The van der Waals surface area contributed by atoms with Gasteiger partial charge in [-0.2, -0.15) is 0 Å². The Bertz CT molecular complexity index is 305. The first kappa shape index (κ1) is 15.9. The molecular weight excluding hydrogens is 298 g/mol. The van der Waals surface area contributed by atoms with Gasteiger partial charge in [-0.3, -0.25) is 4.79 Å². The molecule has 0 bridgehead atoms. The van der Waals surface area contributed by atoms with Crippen molar-refractivity contribution in [2.24, 2.45) is 0 Å². The summed E-state index contributed by atoms with van der Waals surface area (Å²) in [7, 11) is -3.30. The minimum atomic E-state index is -3.30. The minimum absolute atomic E-state index is 0.432. The standard InChI is InChI=1S/C9H18BrNO4S/c1-8(16(2,13)14)9(12)11-5-3-6-15-7-4-10/h8H,3-7H2,1-2H3,(H,11,12). The molecule has 0 aromatic rings. The molecule has 0 aliphatic carbocycles. The van der Waals surface area contributed by atoms with E-state index in [1.165, 1.54) is 6.92 Å². The van der Waals surface area contributed by atoms with Gasteiger partial charge in [-0.05, 0) is 13.3 Å². The summed E-state index contributed by atoms with van der Waals surface area (Å²) in [5, 5.41) is 2.35. The fraction of sp³-hybridized carbons (Fsp3) is 0.889. The van der Waals surface area contributed by atoms with E-state index in [1.54, 1.807) is 0 Å². The predicted molar refractivity (Wildman–Crippen MR) is 66.5 cm³/mol. The lowest BCUT2D eigenvalue weighted by Crippen LogP contribution is -2.38. The Morgan fingerprint density at radius 2 is 2.06 bits per heavy atom. The molecule has 1 N–H and O–H groups in total. The highest BCUT2D eigenvalue weighted by Gasteiger charge is 2.22. The van der Waals surface area contributed by atoms with Crippen LogP contribution in [0.25, 0.3) is 0 Å². The van der Waals surface area contributed by atoms with Crippen LogP contribution in [0, 0.1) is 0 Å². The maximum atomic E-state index is 11.3. The molecule has 0 fully saturated rings. The highest BCUT2D eigenvalue weighted by atomic mass is 79.9. The maximum Gasteiger partial charge on any atom is 0.238 e. The van der Waals surface area contributed by atoms with Crippen LogP contribution in [0.4, 0.5) is 0 Å². The molecule has 0 heterocycles. The van der Waals surface area contributed by atoms with Gasteiger partial charge in [0.25, 0.3) is 0 Å². The van der Waals surface area contributed by atoms with Gasteiger partial charge >= 0.3 is 0 Å². The van der Waals surface area contributed by atoms with Gasteiger partial charge in [0.1, 0.15) is 5.25 Å². The monoisotopic (exact) mass is 315 g/mol. The zero-order valence-corrected chi connectivity index (χ0v) is 11.9. The lowest BCUT2D eigenvalue weighted by Gasteiger charge is -2.10. The molecule has 7 heteroatoms. The number of rotatable bonds is 8. The van der Waals surface area contributed by atoms with Crippen LogP contribution in [-0.4, -0.2) is 50.9 Å². The van der Waals surface area contributed by atoms with Crippen LogP contribution in [0.15, 0.2) is 0 Å². The van der Waals surface area contributed by atoms with Crippen molar-refractivity contribution >= 4 is 31.7 Å². The highest BCUT2D eigenvalue weighted by molar-refractivity contribution is 9.09. The summed E-state index contributed by atoms with van der Waals surface area (Å²) < 4.78 is 27.3. The summed E-state index contributed by atoms with van der Waals surface area (Å²) >= 11 is 3.22. The number of halogens is 1. The molecule has 0 radical (unpaired) electrons. The molecule has 1 amide bonds. The molecule has 96 valence electrons. The van der Waals surface area contributed by atoms with E-state index >= 15 is 0 Å². The fourth-order valence-electron chi connectivity index (χ4n) is 0.881. The molecule has 0 spiro atoms. The summed E-state index contributed by atoms with van der Waals surface area (Å²) in [5.74, 6) is -0.456. The number of amides is 1. The zero-order valence-electron chi connectivity index (χ0n) is 9.53. The lowest BCUT2D eigenvalue weighted by molar-refractivity contribution is -0.120. The lowest BCUT2D eigenvalue weighted by atomic mass is 10.4. The predicted octanol–water partition coefficient (Wildman–Crippen LogP) is 0.337. The Morgan fingerprint density at radius 3 is 2.56 bits per heavy atom. The van der Waals surface area contributed by atoms with Crippen molar-refractivity contribution in [3.63, 3.8) is 0 Å². The van der Waals surface area contributed by atoms with Crippen molar-refractivity contribution in [3.05, 3.63) is 0 Å². The summed E-state index contributed by atoms with van der Waals surface area (Å²) in [6, 6.07) is 0. The number of alkyl halides is 1. The van der Waals surface area contributed by atoms with E-state index in [0.29, 0.717) is 26.2 Å². The molecule has 1 unspecified atom stereocenters. The Morgan fingerprint density at radius 1 is 1.44 bits per heavy atom. The maximum absolute atomic E-state index is 11.3. The van der Waals surface area contributed by atoms with Gasteiger partial charge in [-0.25, -0.2) is 8.42 Å². The van der Waals surface area contributed by atoms with E-state index in [2.05, 4.69) is 21.2 Å². The summed E-state index contributed by atoms with van der Waals surface area (Å²) in [6.07, 6.45) is 1.73. The first-order valence-electron chi connectivity index (χ1n) is 5.00. The average molecular weight is 316 g/mol. The largest absolute Gasteiger partial charge is 0.381 e. The summed E-state index contributed by atoms with van der Waals surface area (Å²) in [6.45, 7) is 3.00. The zero-order chi connectivity index (χ0) is 12.6. The van der Waals surface area contributed by atoms with Crippen molar-refractivity contribution < 1.29 is 17.9 Å². The minimum Gasteiger partial charge on any atom is -0.381 e. The molecule has 5 nitrogen and oxygen atoms in total. The highest BCUT2D eigenvalue weighted by Crippen LogP contribution is 1.97. The summed E-state index contributed by atoms with van der Waals surface area (Å²) in [4.78, 5) is 11.3. The fourth-order valence-corrected chi connectivity index (χ4v) is 1.58. The number of hydrogen-bond acceptors (Lipinski definition) is 4. The average Bonchev–Trinajstić information content (AvgIpc) is 2.20. The van der Waals surface area contributed by atoms with Crippen LogP contribution >= 0.6 is 15.9 Å². The SMILES string of the molecule is CC(C(=O)NCCCOCCBr)S(C)(=O)=O. The molecule has 0 rings (SSSR count). The van der Waals surface area contributed by atoms with Crippen LogP contribution in [0.2, 0.25) is 0 Å². The van der Waals surface area contributed by atoms with Gasteiger partial charge in [0.05, 0.1) is 6.61 Å². The Kier molecular flexibility index (Phi) is 7.96. The molecule has 0 aliphatic rings. The van der Waals surface area contributed by atoms with E-state index in [1.807, 2.05) is 0 Å². The van der Waals surface area contributed by atoms with Gasteiger partial charge in [-0.15, -0.1) is 0 Å². The number of sulfone groups is 1. The number of hydrogen-bond donors (Lipinski definition) is 1. The number of nitrogens with one attached hydrogen (secondary N) is 1. The third kappa shape index (κ3) is 7.19. The second-order valence-corrected chi connectivity index (χ2v) is 6.58. The second-order valence-electron chi connectivity index (χ2n) is 3.42. The molecule has 0 aromatic heterocycles. The molecule has 0 saturated carbocycles. The van der Waals surface area contributed by atoms with Crippen molar-refractivity contribution in [1.29, 1.82) is 0 Å². The van der Waals surface area contributed by atoms with Gasteiger partial charge in [0.2, 0.25) is 5.91 Å². The number of carbonyl (C=O) groups is 1. The van der Waals surface area contributed by atoms with Crippen LogP contribution in [0.3, 0.4) is 0 Å². The molecule has 0 saturated heterocycles. The first-order chi connectivity index (χ1) is 7.39. The Hall–Kier alpha value is -0.140. The number of ether oxygens (including phenoxy) is 1. The van der Waals surface area contributed by atoms with E-state index < -0.39 is 21.0 Å². The molecule has 0 aromatic carbocycles. The van der Waals surface area contributed by atoms with E-state index in [9.17, 15) is 13.2 Å². The molecule has 1 atom stereocenters. The van der Waals surface area contributed by atoms with Gasteiger partial charge in [0.15, 0.2) is 9.84 Å². The van der Waals surface area contributed by atoms with E-state index in [-0.39, 0.29) is 0 Å². The van der Waals surface area contributed by atoms with Crippen molar-refractivity contribution in [2.75, 3.05) is 31.3 Å². The van der Waals surface area contributed by atoms with Crippen molar-refractivity contribution in [1.82, 2.24) is 5.32 Å². The van der Waals surface area contributed by atoms with Crippen molar-refractivity contribution in [3.8, 4) is 0 Å². The third-order valence-electron chi connectivity index (χ3n) is 2.00. The van der Waals surface area contributed by atoms with Crippen LogP contribution < -0.4 is 5.32 Å². The van der Waals surface area contributed by atoms with Gasteiger partial charge in [-0.1, -0.05) is 15.9 Å². The van der Waals surface area contributed by atoms with E-state index in [4.69, 9.17) is 4.74 Å². The van der Waals surface area contributed by atoms with E-state index in [0.717, 1.165) is 11.6 Å². The Balaban J connectivity index is 3.67. The van der Waals surface area contributed by atoms with Gasteiger partial charge in [0, 0.05) is 24.7 Å². The smallest absolute Gasteiger partial charge is 0.238 e. The van der Waals surface area contributed by atoms with Crippen LogP contribution in [-0.2, 0) is 19.4 Å². The molecular formula is C9H18BrNO4S. The van der Waals surface area contributed by atoms with Crippen LogP contribution in [0.5, 0.6) is 0 Å². The van der Waals surface area contributed by atoms with Gasteiger partial charge < -0.3 is 10.1 Å². The topological polar surface area (TPSA) is 72.5 Å². The molecule has 0 aliphatic heterocycles.